The number of nitrogens with zero attached hydrogens (tertiary/aromatic N) is 2. The molecule has 0 saturated carbocycles. The van der Waals surface area contributed by atoms with Gasteiger partial charge in [0.1, 0.15) is 0 Å². The molecule has 4 nitrogen and oxygen atoms in total. The van der Waals surface area contributed by atoms with Crippen molar-refractivity contribution >= 4 is 16.5 Å². The minimum atomic E-state index is 0.644. The molecule has 1 N–H and O–H groups in total. The zero-order valence-electron chi connectivity index (χ0n) is 14.6. The molecule has 1 aromatic carbocycles. The van der Waals surface area contributed by atoms with Crippen LogP contribution in [0, 0.1) is 12.8 Å². The second-order valence-electron chi connectivity index (χ2n) is 7.14. The third-order valence-electron chi connectivity index (χ3n) is 5.31. The van der Waals surface area contributed by atoms with Crippen LogP contribution in [0.25, 0.3) is 10.8 Å². The number of aryl methyl sites for hydroxylation is 1. The lowest BCUT2D eigenvalue weighted by atomic mass is 9.99. The van der Waals surface area contributed by atoms with Gasteiger partial charge in [-0.2, -0.15) is 0 Å². The van der Waals surface area contributed by atoms with Gasteiger partial charge >= 0.3 is 0 Å². The average molecular weight is 325 g/mol. The Labute approximate surface area is 144 Å². The average Bonchev–Trinajstić information content (AvgIpc) is 3.14. The molecule has 4 heteroatoms. The Kier molecular flexibility index (Phi) is 4.56. The number of aromatic nitrogens is 1. The summed E-state index contributed by atoms with van der Waals surface area (Å²) >= 11 is 0. The minimum Gasteiger partial charge on any atom is -0.477 e. The highest BCUT2D eigenvalue weighted by Crippen LogP contribution is 2.34. The third-order valence-corrected chi connectivity index (χ3v) is 5.31. The summed E-state index contributed by atoms with van der Waals surface area (Å²) in [6.45, 7) is 7.38. The molecule has 3 heterocycles. The molecule has 2 aromatic rings. The van der Waals surface area contributed by atoms with Crippen LogP contribution < -0.4 is 15.0 Å². The number of anilines is 1. The molecule has 2 saturated heterocycles. The van der Waals surface area contributed by atoms with Gasteiger partial charge < -0.3 is 15.0 Å². The number of nitrogens with one attached hydrogen (secondary N) is 1. The van der Waals surface area contributed by atoms with Crippen LogP contribution in [-0.4, -0.2) is 37.8 Å². The summed E-state index contributed by atoms with van der Waals surface area (Å²) in [5, 5.41) is 5.85. The first-order valence-electron chi connectivity index (χ1n) is 9.30. The van der Waals surface area contributed by atoms with E-state index in [0.29, 0.717) is 5.92 Å². The summed E-state index contributed by atoms with van der Waals surface area (Å²) in [7, 11) is 0. The Bertz CT molecular complexity index is 703. The molecule has 0 spiro atoms. The zero-order chi connectivity index (χ0) is 16.4. The van der Waals surface area contributed by atoms with Crippen LogP contribution in [0.4, 0.5) is 5.69 Å². The number of ether oxygens (including phenoxy) is 1. The number of hydrogen-bond donors (Lipinski definition) is 1. The molecular weight excluding hydrogens is 298 g/mol. The van der Waals surface area contributed by atoms with Crippen LogP contribution in [0.5, 0.6) is 5.88 Å². The van der Waals surface area contributed by atoms with Crippen molar-refractivity contribution in [3.63, 3.8) is 0 Å². The fraction of sp³-hybridized carbons (Fsp3) is 0.550. The van der Waals surface area contributed by atoms with E-state index >= 15 is 0 Å². The number of benzene rings is 1. The van der Waals surface area contributed by atoms with Crippen molar-refractivity contribution in [2.45, 2.75) is 32.6 Å². The van der Waals surface area contributed by atoms with E-state index in [2.05, 4.69) is 41.4 Å². The second kappa shape index (κ2) is 6.98. The normalized spacial score (nSPS) is 19.1. The monoisotopic (exact) mass is 325 g/mol. The first-order valence-corrected chi connectivity index (χ1v) is 9.30. The summed E-state index contributed by atoms with van der Waals surface area (Å²) in [5.41, 5.74) is 2.37. The van der Waals surface area contributed by atoms with Gasteiger partial charge in [0, 0.05) is 35.2 Å². The predicted octanol–water partition coefficient (Wildman–Crippen LogP) is 3.52. The van der Waals surface area contributed by atoms with E-state index < -0.39 is 0 Å². The number of piperidine rings is 1. The van der Waals surface area contributed by atoms with E-state index in [1.807, 2.05) is 0 Å². The number of pyridine rings is 1. The molecule has 2 aliphatic heterocycles. The second-order valence-corrected chi connectivity index (χ2v) is 7.14. The van der Waals surface area contributed by atoms with Crippen molar-refractivity contribution in [2.24, 2.45) is 5.92 Å². The highest BCUT2D eigenvalue weighted by atomic mass is 16.5. The van der Waals surface area contributed by atoms with Gasteiger partial charge in [-0.1, -0.05) is 6.07 Å². The van der Waals surface area contributed by atoms with Gasteiger partial charge in [0.15, 0.2) is 0 Å². The van der Waals surface area contributed by atoms with Gasteiger partial charge in [0.05, 0.1) is 6.61 Å². The standard InChI is InChI=1S/C20H27N3O/c1-15-13-18-17(5-4-6-19(18)23-11-2-3-12-23)20(22-15)24-14-16-7-9-21-10-8-16/h4-6,13,16,21H,2-3,7-12,14H2,1H3. The van der Waals surface area contributed by atoms with Crippen LogP contribution in [-0.2, 0) is 0 Å². The van der Waals surface area contributed by atoms with Crippen molar-refractivity contribution in [1.82, 2.24) is 10.3 Å². The molecule has 0 unspecified atom stereocenters. The van der Waals surface area contributed by atoms with Crippen LogP contribution in [0.2, 0.25) is 0 Å². The maximum absolute atomic E-state index is 6.20. The molecule has 0 aliphatic carbocycles. The Morgan fingerprint density at radius 1 is 1.17 bits per heavy atom. The third kappa shape index (κ3) is 3.20. The highest BCUT2D eigenvalue weighted by Gasteiger charge is 2.18. The number of hydrogen-bond acceptors (Lipinski definition) is 4. The Hall–Kier alpha value is -1.81. The fourth-order valence-electron chi connectivity index (χ4n) is 3.94. The molecule has 0 atom stereocenters. The molecule has 24 heavy (non-hydrogen) atoms. The molecule has 2 aliphatic rings. The van der Waals surface area contributed by atoms with Gasteiger partial charge in [0.2, 0.25) is 5.88 Å². The van der Waals surface area contributed by atoms with E-state index in [1.54, 1.807) is 0 Å². The van der Waals surface area contributed by atoms with Crippen molar-refractivity contribution in [1.29, 1.82) is 0 Å². The zero-order valence-corrected chi connectivity index (χ0v) is 14.6. The van der Waals surface area contributed by atoms with Gasteiger partial charge in [0.25, 0.3) is 0 Å². The maximum Gasteiger partial charge on any atom is 0.221 e. The predicted molar refractivity (Wildman–Crippen MR) is 99.0 cm³/mol. The van der Waals surface area contributed by atoms with Crippen LogP contribution >= 0.6 is 0 Å². The summed E-state index contributed by atoms with van der Waals surface area (Å²) < 4.78 is 6.20. The minimum absolute atomic E-state index is 0.644. The van der Waals surface area contributed by atoms with E-state index in [-0.39, 0.29) is 0 Å². The topological polar surface area (TPSA) is 37.4 Å². The molecular formula is C20H27N3O. The molecule has 0 radical (unpaired) electrons. The lowest BCUT2D eigenvalue weighted by Crippen LogP contribution is -2.30. The molecule has 128 valence electrons. The number of fused-ring (bicyclic) bond motifs is 1. The first-order chi connectivity index (χ1) is 11.8. The largest absolute Gasteiger partial charge is 0.477 e. The van der Waals surface area contributed by atoms with Gasteiger partial charge in [-0.3, -0.25) is 0 Å². The summed E-state index contributed by atoms with van der Waals surface area (Å²) in [6, 6.07) is 8.74. The SMILES string of the molecule is Cc1cc2c(N3CCCC3)cccc2c(OCC2CCNCC2)n1. The molecule has 4 rings (SSSR count). The van der Waals surface area contributed by atoms with E-state index in [0.717, 1.165) is 49.7 Å². The van der Waals surface area contributed by atoms with E-state index in [1.165, 1.54) is 36.8 Å². The van der Waals surface area contributed by atoms with Crippen LogP contribution in [0.3, 0.4) is 0 Å². The lowest BCUT2D eigenvalue weighted by molar-refractivity contribution is 0.211. The molecule has 2 fully saturated rings. The van der Waals surface area contributed by atoms with E-state index in [9.17, 15) is 0 Å². The Balaban J connectivity index is 1.63. The molecule has 0 amide bonds. The van der Waals surface area contributed by atoms with Gasteiger partial charge in [-0.25, -0.2) is 4.98 Å². The lowest BCUT2D eigenvalue weighted by Gasteiger charge is -2.23. The summed E-state index contributed by atoms with van der Waals surface area (Å²) in [5.74, 6) is 1.45. The first kappa shape index (κ1) is 15.7. The smallest absolute Gasteiger partial charge is 0.221 e. The van der Waals surface area contributed by atoms with Gasteiger partial charge in [-0.15, -0.1) is 0 Å². The van der Waals surface area contributed by atoms with Crippen molar-refractivity contribution < 1.29 is 4.74 Å². The number of rotatable bonds is 4. The highest BCUT2D eigenvalue weighted by molar-refractivity contribution is 5.97. The summed E-state index contributed by atoms with van der Waals surface area (Å²) in [6.07, 6.45) is 4.98. The van der Waals surface area contributed by atoms with E-state index in [4.69, 9.17) is 9.72 Å². The quantitative estimate of drug-likeness (QED) is 0.933. The molecule has 1 aromatic heterocycles. The fourth-order valence-corrected chi connectivity index (χ4v) is 3.94. The summed E-state index contributed by atoms with van der Waals surface area (Å²) in [4.78, 5) is 7.20. The van der Waals surface area contributed by atoms with Crippen LogP contribution in [0.1, 0.15) is 31.4 Å². The maximum atomic E-state index is 6.20. The van der Waals surface area contributed by atoms with Gasteiger partial charge in [-0.05, 0) is 69.8 Å². The Morgan fingerprint density at radius 3 is 2.75 bits per heavy atom. The van der Waals surface area contributed by atoms with Crippen molar-refractivity contribution in [2.75, 3.05) is 37.7 Å². The van der Waals surface area contributed by atoms with Crippen molar-refractivity contribution in [3.8, 4) is 5.88 Å². The molecule has 0 bridgehead atoms. The Morgan fingerprint density at radius 2 is 1.96 bits per heavy atom. The van der Waals surface area contributed by atoms with Crippen molar-refractivity contribution in [3.05, 3.63) is 30.0 Å². The van der Waals surface area contributed by atoms with Crippen LogP contribution in [0.15, 0.2) is 24.3 Å².